The number of carbonyl (C=O) groups is 1. The van der Waals surface area contributed by atoms with Crippen LogP contribution >= 0.6 is 0 Å². The minimum Gasteiger partial charge on any atom is -0.391 e. The second kappa shape index (κ2) is 35.2. The Morgan fingerprint density at radius 2 is 0.891 bits per heavy atom. The molecule has 0 aromatic rings. The highest BCUT2D eigenvalue weighted by Crippen LogP contribution is 2.36. The molecule has 0 aromatic heterocycles. The molecule has 1 amide bonds. The Bertz CT molecular complexity index is 861. The zero-order valence-corrected chi connectivity index (χ0v) is 36.2. The van der Waals surface area contributed by atoms with Gasteiger partial charge in [-0.25, -0.2) is 0 Å². The maximum atomic E-state index is 13.0. The number of aliphatic hydroxyl groups excluding tert-OH is 3. The third kappa shape index (κ3) is 26.8. The van der Waals surface area contributed by atoms with Gasteiger partial charge in [-0.1, -0.05) is 226 Å². The van der Waals surface area contributed by atoms with E-state index in [2.05, 4.69) is 19.2 Å². The summed E-state index contributed by atoms with van der Waals surface area (Å²) in [6, 6.07) is -0.606. The van der Waals surface area contributed by atoms with Crippen molar-refractivity contribution in [1.82, 2.24) is 5.32 Å². The Kier molecular flexibility index (Phi) is 32.2. The molecule has 8 heteroatoms. The Morgan fingerprint density at radius 1 is 0.527 bits per heavy atom. The van der Waals surface area contributed by atoms with E-state index in [0.717, 1.165) is 32.1 Å². The van der Waals surface area contributed by atoms with Crippen LogP contribution in [-0.4, -0.2) is 70.9 Å². The molecule has 2 aliphatic heterocycles. The molecule has 0 spiro atoms. The molecule has 5 unspecified atom stereocenters. The molecule has 326 valence electrons. The van der Waals surface area contributed by atoms with Gasteiger partial charge in [-0.05, 0) is 12.8 Å². The smallest absolute Gasteiger partial charge is 0.220 e. The summed E-state index contributed by atoms with van der Waals surface area (Å²) in [7, 11) is 0. The summed E-state index contributed by atoms with van der Waals surface area (Å²) < 4.78 is 16.7. The number of aliphatic hydroxyl groups is 3. The Labute approximate surface area is 339 Å². The summed E-state index contributed by atoms with van der Waals surface area (Å²) in [5.74, 6) is -0.0773. The zero-order chi connectivity index (χ0) is 39.6. The van der Waals surface area contributed by atoms with Crippen LogP contribution in [0.1, 0.15) is 245 Å². The van der Waals surface area contributed by atoms with Gasteiger partial charge in [0, 0.05) is 6.42 Å². The second-order valence-electron chi connectivity index (χ2n) is 17.4. The molecule has 0 aliphatic carbocycles. The van der Waals surface area contributed by atoms with Crippen molar-refractivity contribution in [2.45, 2.75) is 288 Å². The SMILES string of the molecule is CCCCCCCCCCCCCCCCCCCCCCCC(=O)N[C@@H](COC1OC2OC2C(O)C1O)[C@H](O)CCCCCCCCCCCCCCC. The van der Waals surface area contributed by atoms with Crippen LogP contribution in [0, 0.1) is 0 Å². The van der Waals surface area contributed by atoms with Crippen molar-refractivity contribution in [3.05, 3.63) is 0 Å². The standard InChI is InChI=1S/C47H91NO7/c1-3-5-7-9-11-13-15-17-18-19-20-21-22-23-24-26-28-30-32-34-36-38-42(50)48-40(39-53-46-44(52)43(51)45-47(54-45)55-46)41(49)37-35-33-31-29-27-25-16-14-12-10-8-6-4-2/h40-41,43-47,49,51-52H,3-39H2,1-2H3,(H,48,50)/t40-,41+,43?,44?,45?,46?,47?/m0/s1. The Morgan fingerprint density at radius 3 is 1.29 bits per heavy atom. The number of hydrogen-bond donors (Lipinski definition) is 4. The van der Waals surface area contributed by atoms with Gasteiger partial charge in [-0.2, -0.15) is 0 Å². The average Bonchev–Trinajstić information content (AvgIpc) is 3.97. The predicted octanol–water partition coefficient (Wildman–Crippen LogP) is 11.7. The number of hydrogen-bond acceptors (Lipinski definition) is 7. The normalized spacial score (nSPS) is 21.7. The molecule has 2 fully saturated rings. The molecule has 2 heterocycles. The quantitative estimate of drug-likeness (QED) is 0.0360. The van der Waals surface area contributed by atoms with Gasteiger partial charge in [0.1, 0.15) is 18.3 Å². The summed E-state index contributed by atoms with van der Waals surface area (Å²) in [5.41, 5.74) is 0. The summed E-state index contributed by atoms with van der Waals surface area (Å²) in [6.45, 7) is 4.55. The first-order valence-corrected chi connectivity index (χ1v) is 24.2. The molecular formula is C47H91NO7. The third-order valence-corrected chi connectivity index (χ3v) is 12.1. The zero-order valence-electron chi connectivity index (χ0n) is 36.2. The molecular weight excluding hydrogens is 691 g/mol. The number of amides is 1. The van der Waals surface area contributed by atoms with E-state index in [9.17, 15) is 20.1 Å². The fraction of sp³-hybridized carbons (Fsp3) is 0.979. The molecule has 2 aliphatic rings. The second-order valence-corrected chi connectivity index (χ2v) is 17.4. The maximum Gasteiger partial charge on any atom is 0.220 e. The van der Waals surface area contributed by atoms with Crippen LogP contribution in [0.15, 0.2) is 0 Å². The van der Waals surface area contributed by atoms with Crippen LogP contribution < -0.4 is 5.32 Å². The topological polar surface area (TPSA) is 121 Å². The van der Waals surface area contributed by atoms with Crippen LogP contribution in [0.5, 0.6) is 0 Å². The number of fused-ring (bicyclic) bond motifs is 1. The number of epoxide rings is 1. The van der Waals surface area contributed by atoms with E-state index in [1.807, 2.05) is 0 Å². The van der Waals surface area contributed by atoms with Gasteiger partial charge in [0.2, 0.25) is 5.91 Å². The van der Waals surface area contributed by atoms with Gasteiger partial charge in [-0.15, -0.1) is 0 Å². The van der Waals surface area contributed by atoms with E-state index in [0.29, 0.717) is 12.8 Å². The monoisotopic (exact) mass is 782 g/mol. The number of rotatable bonds is 41. The third-order valence-electron chi connectivity index (χ3n) is 12.1. The molecule has 4 N–H and O–H groups in total. The van der Waals surface area contributed by atoms with E-state index in [1.165, 1.54) is 186 Å². The molecule has 55 heavy (non-hydrogen) atoms. The van der Waals surface area contributed by atoms with Crippen molar-refractivity contribution in [3.8, 4) is 0 Å². The van der Waals surface area contributed by atoms with Crippen molar-refractivity contribution in [2.24, 2.45) is 0 Å². The molecule has 8 nitrogen and oxygen atoms in total. The minimum atomic E-state index is -1.24. The van der Waals surface area contributed by atoms with Gasteiger partial charge in [0.25, 0.3) is 0 Å². The van der Waals surface area contributed by atoms with Crippen molar-refractivity contribution in [2.75, 3.05) is 6.61 Å². The fourth-order valence-corrected chi connectivity index (χ4v) is 8.18. The summed E-state index contributed by atoms with van der Waals surface area (Å²) >= 11 is 0. The Balaban J connectivity index is 1.50. The predicted molar refractivity (Wildman–Crippen MR) is 227 cm³/mol. The maximum absolute atomic E-state index is 13.0. The van der Waals surface area contributed by atoms with E-state index >= 15 is 0 Å². The summed E-state index contributed by atoms with van der Waals surface area (Å²) in [4.78, 5) is 13.0. The van der Waals surface area contributed by atoms with Crippen molar-refractivity contribution < 1.29 is 34.3 Å². The van der Waals surface area contributed by atoms with Crippen molar-refractivity contribution in [1.29, 1.82) is 0 Å². The van der Waals surface area contributed by atoms with Gasteiger partial charge < -0.3 is 34.8 Å². The molecule has 2 saturated heterocycles. The van der Waals surface area contributed by atoms with Gasteiger partial charge in [0.15, 0.2) is 12.6 Å². The number of ether oxygens (including phenoxy) is 3. The van der Waals surface area contributed by atoms with Crippen LogP contribution in [-0.2, 0) is 19.0 Å². The van der Waals surface area contributed by atoms with Crippen LogP contribution in [0.25, 0.3) is 0 Å². The molecule has 0 radical (unpaired) electrons. The lowest BCUT2D eigenvalue weighted by molar-refractivity contribution is -0.246. The van der Waals surface area contributed by atoms with Gasteiger partial charge >= 0.3 is 0 Å². The van der Waals surface area contributed by atoms with E-state index in [-0.39, 0.29) is 12.5 Å². The lowest BCUT2D eigenvalue weighted by Gasteiger charge is -2.31. The number of unbranched alkanes of at least 4 members (excludes halogenated alkanes) is 32. The summed E-state index contributed by atoms with van der Waals surface area (Å²) in [6.07, 6.45) is 40.3. The highest BCUT2D eigenvalue weighted by Gasteiger charge is 2.56. The first-order chi connectivity index (χ1) is 27.0. The highest BCUT2D eigenvalue weighted by molar-refractivity contribution is 5.76. The lowest BCUT2D eigenvalue weighted by atomic mass is 10.0. The fourth-order valence-electron chi connectivity index (χ4n) is 8.18. The lowest BCUT2D eigenvalue weighted by Crippen LogP contribution is -2.52. The highest BCUT2D eigenvalue weighted by atomic mass is 16.8. The average molecular weight is 782 g/mol. The van der Waals surface area contributed by atoms with Crippen molar-refractivity contribution in [3.63, 3.8) is 0 Å². The van der Waals surface area contributed by atoms with Crippen LogP contribution in [0.2, 0.25) is 0 Å². The molecule has 7 atom stereocenters. The first kappa shape index (κ1) is 50.4. The number of nitrogens with one attached hydrogen (secondary N) is 1. The summed E-state index contributed by atoms with van der Waals surface area (Å²) in [5, 5.41) is 34.7. The minimum absolute atomic E-state index is 0.00348. The van der Waals surface area contributed by atoms with E-state index < -0.39 is 43.0 Å². The number of carbonyl (C=O) groups excluding carboxylic acids is 1. The van der Waals surface area contributed by atoms with Crippen LogP contribution in [0.4, 0.5) is 0 Å². The van der Waals surface area contributed by atoms with E-state index in [4.69, 9.17) is 14.2 Å². The largest absolute Gasteiger partial charge is 0.391 e. The van der Waals surface area contributed by atoms with Crippen LogP contribution in [0.3, 0.4) is 0 Å². The van der Waals surface area contributed by atoms with Gasteiger partial charge in [-0.3, -0.25) is 4.79 Å². The van der Waals surface area contributed by atoms with Crippen molar-refractivity contribution >= 4 is 5.91 Å². The Hall–Kier alpha value is -0.770. The van der Waals surface area contributed by atoms with E-state index in [1.54, 1.807) is 0 Å². The first-order valence-electron chi connectivity index (χ1n) is 24.2. The molecule has 0 saturated carbocycles. The molecule has 2 rings (SSSR count). The molecule has 0 aromatic carbocycles. The van der Waals surface area contributed by atoms with Gasteiger partial charge in [0.05, 0.1) is 18.8 Å². The molecule has 0 bridgehead atoms.